The van der Waals surface area contributed by atoms with Gasteiger partial charge in [-0.3, -0.25) is 0 Å². The van der Waals surface area contributed by atoms with Crippen molar-refractivity contribution in [3.63, 3.8) is 0 Å². The van der Waals surface area contributed by atoms with Crippen LogP contribution in [0.3, 0.4) is 0 Å². The standard InChI is InChI=1S/C48H30N2S/c1-2-10-31(11-3-1)33-20-22-34(23-21-33)36-14-8-15-37(28-36)38-16-9-17-40(30-38)48-49-45(39-25-24-32-12-4-5-13-35(32)29-39)43-27-26-42-41-18-6-7-19-44(41)51-47(42)46(43)50-48/h1-30H. The van der Waals surface area contributed by atoms with E-state index < -0.39 is 0 Å². The van der Waals surface area contributed by atoms with Crippen molar-refractivity contribution in [2.45, 2.75) is 0 Å². The number of hydrogen-bond acceptors (Lipinski definition) is 3. The molecule has 0 aliphatic heterocycles. The van der Waals surface area contributed by atoms with Crippen molar-refractivity contribution < 1.29 is 0 Å². The molecule has 10 rings (SSSR count). The summed E-state index contributed by atoms with van der Waals surface area (Å²) in [5, 5.41) is 5.98. The molecule has 0 fully saturated rings. The predicted molar refractivity (Wildman–Crippen MR) is 217 cm³/mol. The fourth-order valence-electron chi connectivity index (χ4n) is 7.26. The summed E-state index contributed by atoms with van der Waals surface area (Å²) in [6.45, 7) is 0. The lowest BCUT2D eigenvalue weighted by Gasteiger charge is -2.12. The number of thiophene rings is 1. The van der Waals surface area contributed by atoms with Gasteiger partial charge in [-0.05, 0) is 74.5 Å². The van der Waals surface area contributed by atoms with Gasteiger partial charge in [-0.2, -0.15) is 0 Å². The molecule has 8 aromatic carbocycles. The first-order valence-corrected chi connectivity index (χ1v) is 18.0. The molecular formula is C48H30N2S. The number of benzene rings is 8. The van der Waals surface area contributed by atoms with Gasteiger partial charge in [-0.1, -0.05) is 152 Å². The molecule has 0 atom stereocenters. The molecule has 0 saturated heterocycles. The highest BCUT2D eigenvalue weighted by Crippen LogP contribution is 2.41. The van der Waals surface area contributed by atoms with E-state index in [0.29, 0.717) is 0 Å². The van der Waals surface area contributed by atoms with Crippen LogP contribution in [0.25, 0.3) is 97.9 Å². The van der Waals surface area contributed by atoms with Crippen molar-refractivity contribution in [2.75, 3.05) is 0 Å². The number of aromatic nitrogens is 2. The summed E-state index contributed by atoms with van der Waals surface area (Å²) in [4.78, 5) is 10.7. The molecule has 3 heteroatoms. The van der Waals surface area contributed by atoms with Crippen molar-refractivity contribution in [3.05, 3.63) is 182 Å². The molecule has 2 aromatic heterocycles. The Hall–Kier alpha value is -6.42. The lowest BCUT2D eigenvalue weighted by Crippen LogP contribution is -1.96. The third-order valence-electron chi connectivity index (χ3n) is 9.88. The van der Waals surface area contributed by atoms with Crippen LogP contribution in [0.15, 0.2) is 182 Å². The monoisotopic (exact) mass is 666 g/mol. The van der Waals surface area contributed by atoms with Crippen LogP contribution in [0.2, 0.25) is 0 Å². The molecule has 2 nitrogen and oxygen atoms in total. The van der Waals surface area contributed by atoms with Crippen molar-refractivity contribution >= 4 is 53.2 Å². The first-order chi connectivity index (χ1) is 25.2. The molecule has 51 heavy (non-hydrogen) atoms. The molecule has 2 heterocycles. The first kappa shape index (κ1) is 29.5. The molecule has 0 amide bonds. The number of fused-ring (bicyclic) bond motifs is 6. The first-order valence-electron chi connectivity index (χ1n) is 17.2. The lowest BCUT2D eigenvalue weighted by molar-refractivity contribution is 1.24. The molecule has 0 spiro atoms. The van der Waals surface area contributed by atoms with Crippen LogP contribution in [0.4, 0.5) is 0 Å². The summed E-state index contributed by atoms with van der Waals surface area (Å²) in [5.74, 6) is 0.727. The Kier molecular flexibility index (Phi) is 7.04. The maximum absolute atomic E-state index is 5.35. The molecule has 10 aromatic rings. The van der Waals surface area contributed by atoms with Gasteiger partial charge in [-0.25, -0.2) is 9.97 Å². The van der Waals surface area contributed by atoms with E-state index in [1.54, 1.807) is 0 Å². The highest BCUT2D eigenvalue weighted by Gasteiger charge is 2.17. The SMILES string of the molecule is c1ccc(-c2ccc(-c3cccc(-c4cccc(-c5nc(-c6ccc7ccccc7c6)c6ccc7c8ccccc8sc7c6n5)c4)c3)cc2)cc1. The summed E-state index contributed by atoms with van der Waals surface area (Å²) in [7, 11) is 0. The Morgan fingerprint density at radius 2 is 0.902 bits per heavy atom. The Bertz CT molecular complexity index is 2910. The number of rotatable bonds is 5. The van der Waals surface area contributed by atoms with Crippen molar-refractivity contribution in [3.8, 4) is 56.0 Å². The molecule has 238 valence electrons. The molecule has 0 unspecified atom stereocenters. The van der Waals surface area contributed by atoms with Crippen LogP contribution >= 0.6 is 11.3 Å². The van der Waals surface area contributed by atoms with Gasteiger partial charge in [0.25, 0.3) is 0 Å². The molecular weight excluding hydrogens is 637 g/mol. The summed E-state index contributed by atoms with van der Waals surface area (Å²) >= 11 is 1.81. The van der Waals surface area contributed by atoms with Gasteiger partial charge in [0.1, 0.15) is 0 Å². The smallest absolute Gasteiger partial charge is 0.160 e. The molecule has 0 aliphatic rings. The second-order valence-corrected chi connectivity index (χ2v) is 14.1. The minimum atomic E-state index is 0.727. The Morgan fingerprint density at radius 3 is 1.71 bits per heavy atom. The Balaban J connectivity index is 1.10. The maximum Gasteiger partial charge on any atom is 0.160 e. The quantitative estimate of drug-likeness (QED) is 0.183. The summed E-state index contributed by atoms with van der Waals surface area (Å²) in [6.07, 6.45) is 0. The van der Waals surface area contributed by atoms with Gasteiger partial charge in [0, 0.05) is 32.0 Å². The van der Waals surface area contributed by atoms with Crippen molar-refractivity contribution in [1.29, 1.82) is 0 Å². The van der Waals surface area contributed by atoms with Gasteiger partial charge in [0.15, 0.2) is 5.82 Å². The van der Waals surface area contributed by atoms with E-state index in [-0.39, 0.29) is 0 Å². The second-order valence-electron chi connectivity index (χ2n) is 13.0. The molecule has 0 N–H and O–H groups in total. The van der Waals surface area contributed by atoms with Crippen LogP contribution in [0, 0.1) is 0 Å². The molecule has 0 saturated carbocycles. The van der Waals surface area contributed by atoms with Gasteiger partial charge in [0.05, 0.1) is 15.9 Å². The van der Waals surface area contributed by atoms with E-state index in [0.717, 1.165) is 44.7 Å². The van der Waals surface area contributed by atoms with Crippen molar-refractivity contribution in [2.24, 2.45) is 0 Å². The second kappa shape index (κ2) is 12.2. The highest BCUT2D eigenvalue weighted by molar-refractivity contribution is 7.26. The van der Waals surface area contributed by atoms with Crippen LogP contribution in [0.1, 0.15) is 0 Å². The number of hydrogen-bond donors (Lipinski definition) is 0. The molecule has 0 radical (unpaired) electrons. The fraction of sp³-hybridized carbons (Fsp3) is 0. The maximum atomic E-state index is 5.35. The lowest BCUT2D eigenvalue weighted by atomic mass is 9.96. The van der Waals surface area contributed by atoms with E-state index in [9.17, 15) is 0 Å². The van der Waals surface area contributed by atoms with E-state index in [4.69, 9.17) is 9.97 Å². The van der Waals surface area contributed by atoms with Gasteiger partial charge in [-0.15, -0.1) is 11.3 Å². The number of nitrogens with zero attached hydrogens (tertiary/aromatic N) is 2. The molecule has 0 bridgehead atoms. The average Bonchev–Trinajstić information content (AvgIpc) is 3.60. The summed E-state index contributed by atoms with van der Waals surface area (Å²) in [5.41, 5.74) is 11.1. The zero-order chi connectivity index (χ0) is 33.7. The summed E-state index contributed by atoms with van der Waals surface area (Å²) < 4.78 is 2.46. The largest absolute Gasteiger partial charge is 0.227 e. The molecule has 0 aliphatic carbocycles. The van der Waals surface area contributed by atoms with Gasteiger partial charge in [0.2, 0.25) is 0 Å². The third kappa shape index (κ3) is 5.27. The Labute approximate surface area is 300 Å². The van der Waals surface area contributed by atoms with Crippen LogP contribution in [0.5, 0.6) is 0 Å². The fourth-order valence-corrected chi connectivity index (χ4v) is 8.46. The highest BCUT2D eigenvalue weighted by atomic mass is 32.1. The van der Waals surface area contributed by atoms with Crippen LogP contribution in [-0.2, 0) is 0 Å². The third-order valence-corrected chi connectivity index (χ3v) is 11.1. The van der Waals surface area contributed by atoms with Gasteiger partial charge < -0.3 is 0 Å². The minimum absolute atomic E-state index is 0.727. The van der Waals surface area contributed by atoms with Gasteiger partial charge >= 0.3 is 0 Å². The zero-order valence-electron chi connectivity index (χ0n) is 27.6. The Morgan fingerprint density at radius 1 is 0.333 bits per heavy atom. The van der Waals surface area contributed by atoms with E-state index in [1.807, 2.05) is 11.3 Å². The van der Waals surface area contributed by atoms with Crippen LogP contribution < -0.4 is 0 Å². The zero-order valence-corrected chi connectivity index (χ0v) is 28.4. The van der Waals surface area contributed by atoms with E-state index in [1.165, 1.54) is 53.2 Å². The predicted octanol–water partition coefficient (Wildman–Crippen LogP) is 13.5. The minimum Gasteiger partial charge on any atom is -0.227 e. The van der Waals surface area contributed by atoms with Crippen molar-refractivity contribution in [1.82, 2.24) is 9.97 Å². The van der Waals surface area contributed by atoms with E-state index in [2.05, 4.69) is 182 Å². The van der Waals surface area contributed by atoms with Crippen LogP contribution in [-0.4, -0.2) is 9.97 Å². The average molecular weight is 667 g/mol. The van der Waals surface area contributed by atoms with E-state index >= 15 is 0 Å². The topological polar surface area (TPSA) is 25.8 Å². The summed E-state index contributed by atoms with van der Waals surface area (Å²) in [6, 6.07) is 65.0. The normalized spacial score (nSPS) is 11.5.